The van der Waals surface area contributed by atoms with Crippen LogP contribution in [-0.4, -0.2) is 41.3 Å². The lowest BCUT2D eigenvalue weighted by atomic mass is 9.81. The highest BCUT2D eigenvalue weighted by Crippen LogP contribution is 2.44. The minimum atomic E-state index is -0.883. The van der Waals surface area contributed by atoms with Gasteiger partial charge in [-0.1, -0.05) is 62.4 Å². The van der Waals surface area contributed by atoms with Gasteiger partial charge in [-0.2, -0.15) is 0 Å². The molecule has 1 aliphatic heterocycles. The number of fused-ring (bicyclic) bond motifs is 3. The van der Waals surface area contributed by atoms with Gasteiger partial charge in [0.25, 0.3) is 0 Å². The maximum absolute atomic E-state index is 13.0. The van der Waals surface area contributed by atoms with E-state index >= 15 is 0 Å². The van der Waals surface area contributed by atoms with E-state index < -0.39 is 12.1 Å². The van der Waals surface area contributed by atoms with E-state index in [0.717, 1.165) is 6.42 Å². The lowest BCUT2D eigenvalue weighted by molar-refractivity contribution is -0.138. The van der Waals surface area contributed by atoms with Crippen LogP contribution in [-0.2, 0) is 9.53 Å². The van der Waals surface area contributed by atoms with Gasteiger partial charge >= 0.3 is 12.1 Å². The van der Waals surface area contributed by atoms with E-state index in [1.807, 2.05) is 24.3 Å². The van der Waals surface area contributed by atoms with Gasteiger partial charge < -0.3 is 14.7 Å². The van der Waals surface area contributed by atoms with Crippen molar-refractivity contribution in [3.8, 4) is 11.1 Å². The first kappa shape index (κ1) is 19.5. The largest absolute Gasteiger partial charge is 0.481 e. The van der Waals surface area contributed by atoms with E-state index in [0.29, 0.717) is 13.0 Å². The number of ether oxygens (including phenoxy) is 1. The highest BCUT2D eigenvalue weighted by Gasteiger charge is 2.38. The van der Waals surface area contributed by atoms with Crippen LogP contribution in [0.2, 0.25) is 0 Å². The van der Waals surface area contributed by atoms with E-state index in [1.165, 1.54) is 22.3 Å². The summed E-state index contributed by atoms with van der Waals surface area (Å²) in [5.74, 6) is -0.881. The molecule has 1 atom stereocenters. The lowest BCUT2D eigenvalue weighted by Gasteiger charge is -2.42. The fourth-order valence-electron chi connectivity index (χ4n) is 4.69. The van der Waals surface area contributed by atoms with E-state index in [-0.39, 0.29) is 30.4 Å². The number of benzene rings is 2. The molecule has 0 radical (unpaired) electrons. The number of carboxylic acids is 1. The molecule has 5 nitrogen and oxygen atoms in total. The molecule has 29 heavy (non-hydrogen) atoms. The van der Waals surface area contributed by atoms with Gasteiger partial charge in [0.05, 0.1) is 6.42 Å². The Bertz CT molecular complexity index is 890. The summed E-state index contributed by atoms with van der Waals surface area (Å²) >= 11 is 0. The normalized spacial score (nSPS) is 20.1. The third-order valence-electron chi connectivity index (χ3n) is 6.17. The molecule has 2 aliphatic rings. The molecule has 0 bridgehead atoms. The molecule has 1 amide bonds. The van der Waals surface area contributed by atoms with Crippen molar-refractivity contribution >= 4 is 12.1 Å². The lowest BCUT2D eigenvalue weighted by Crippen LogP contribution is -2.50. The molecule has 1 unspecified atom stereocenters. The topological polar surface area (TPSA) is 66.8 Å². The number of aliphatic carboxylic acids is 1. The molecule has 1 heterocycles. The number of likely N-dealkylation sites (tertiary alicyclic amines) is 1. The highest BCUT2D eigenvalue weighted by atomic mass is 16.6. The molecule has 0 saturated carbocycles. The van der Waals surface area contributed by atoms with Crippen molar-refractivity contribution < 1.29 is 19.4 Å². The third kappa shape index (κ3) is 3.86. The quantitative estimate of drug-likeness (QED) is 0.802. The Balaban J connectivity index is 1.52. The first-order valence-corrected chi connectivity index (χ1v) is 10.2. The van der Waals surface area contributed by atoms with E-state index in [9.17, 15) is 14.7 Å². The SMILES string of the molecule is CC1(C)CCC(CC(=O)O)N(C(=O)OCC2c3ccccc3-c3ccccc32)C1. The molecule has 5 heteroatoms. The first-order chi connectivity index (χ1) is 13.9. The summed E-state index contributed by atoms with van der Waals surface area (Å²) in [6.45, 7) is 4.98. The van der Waals surface area contributed by atoms with Gasteiger partial charge in [-0.25, -0.2) is 4.79 Å². The average molecular weight is 393 g/mol. The van der Waals surface area contributed by atoms with Crippen LogP contribution in [0.5, 0.6) is 0 Å². The predicted molar refractivity (Wildman–Crippen MR) is 111 cm³/mol. The van der Waals surface area contributed by atoms with Crippen LogP contribution in [0.4, 0.5) is 4.79 Å². The fraction of sp³-hybridized carbons (Fsp3) is 0.417. The maximum Gasteiger partial charge on any atom is 0.410 e. The number of carboxylic acid groups (broad SMARTS) is 1. The molecular formula is C24H27NO4. The number of piperidine rings is 1. The zero-order valence-electron chi connectivity index (χ0n) is 16.9. The van der Waals surface area contributed by atoms with Crippen molar-refractivity contribution in [1.82, 2.24) is 4.90 Å². The molecular weight excluding hydrogens is 366 g/mol. The van der Waals surface area contributed by atoms with Crippen LogP contribution in [0.3, 0.4) is 0 Å². The van der Waals surface area contributed by atoms with Gasteiger partial charge in [0.2, 0.25) is 0 Å². The Morgan fingerprint density at radius 3 is 2.24 bits per heavy atom. The average Bonchev–Trinajstić information content (AvgIpc) is 3.01. The molecule has 1 saturated heterocycles. The minimum Gasteiger partial charge on any atom is -0.481 e. The number of nitrogens with zero attached hydrogens (tertiary/aromatic N) is 1. The molecule has 1 aliphatic carbocycles. The van der Waals surface area contributed by atoms with Crippen molar-refractivity contribution in [2.75, 3.05) is 13.2 Å². The summed E-state index contributed by atoms with van der Waals surface area (Å²) in [4.78, 5) is 25.9. The maximum atomic E-state index is 13.0. The number of hydrogen-bond donors (Lipinski definition) is 1. The minimum absolute atomic E-state index is 0.00192. The van der Waals surface area contributed by atoms with Crippen molar-refractivity contribution in [2.45, 2.75) is 45.1 Å². The number of amides is 1. The summed E-state index contributed by atoms with van der Waals surface area (Å²) in [6, 6.07) is 16.1. The van der Waals surface area contributed by atoms with Crippen LogP contribution in [0.1, 0.15) is 50.2 Å². The summed E-state index contributed by atoms with van der Waals surface area (Å²) in [5, 5.41) is 9.24. The fourth-order valence-corrected chi connectivity index (χ4v) is 4.69. The monoisotopic (exact) mass is 393 g/mol. The third-order valence-corrected chi connectivity index (χ3v) is 6.17. The summed E-state index contributed by atoms with van der Waals surface area (Å²) in [5.41, 5.74) is 4.67. The van der Waals surface area contributed by atoms with E-state index in [4.69, 9.17) is 4.74 Å². The molecule has 4 rings (SSSR count). The zero-order chi connectivity index (χ0) is 20.6. The second-order valence-corrected chi connectivity index (χ2v) is 8.89. The van der Waals surface area contributed by atoms with E-state index in [1.54, 1.807) is 4.90 Å². The van der Waals surface area contributed by atoms with Crippen LogP contribution in [0.25, 0.3) is 11.1 Å². The number of hydrogen-bond acceptors (Lipinski definition) is 3. The highest BCUT2D eigenvalue weighted by molar-refractivity contribution is 5.79. The standard InChI is InChI=1S/C24H27NO4/c1-24(2)12-11-16(13-22(26)27)25(15-24)23(28)29-14-21-19-9-5-3-7-17(19)18-8-4-6-10-20(18)21/h3-10,16,21H,11-15H2,1-2H3,(H,26,27). The van der Waals surface area contributed by atoms with Crippen molar-refractivity contribution in [3.05, 3.63) is 59.7 Å². The van der Waals surface area contributed by atoms with E-state index in [2.05, 4.69) is 38.1 Å². The summed E-state index contributed by atoms with van der Waals surface area (Å²) < 4.78 is 5.78. The van der Waals surface area contributed by atoms with Gasteiger partial charge in [0.1, 0.15) is 6.61 Å². The molecule has 0 spiro atoms. The number of carbonyl (C=O) groups is 2. The molecule has 1 N–H and O–H groups in total. The number of carbonyl (C=O) groups excluding carboxylic acids is 1. The molecule has 1 fully saturated rings. The Kier molecular flexibility index (Phi) is 5.07. The van der Waals surface area contributed by atoms with Gasteiger partial charge in [-0.05, 0) is 40.5 Å². The molecule has 152 valence electrons. The summed E-state index contributed by atoms with van der Waals surface area (Å²) in [6.07, 6.45) is 1.13. The Morgan fingerprint density at radius 2 is 1.66 bits per heavy atom. The molecule has 2 aromatic rings. The van der Waals surface area contributed by atoms with Gasteiger partial charge in [-0.3, -0.25) is 4.79 Å². The zero-order valence-corrected chi connectivity index (χ0v) is 16.9. The molecule has 2 aromatic carbocycles. The Labute approximate surface area is 171 Å². The van der Waals surface area contributed by atoms with Gasteiger partial charge in [0, 0.05) is 18.5 Å². The van der Waals surface area contributed by atoms with Crippen molar-refractivity contribution in [2.24, 2.45) is 5.41 Å². The second kappa shape index (κ2) is 7.54. The van der Waals surface area contributed by atoms with Crippen molar-refractivity contribution in [3.63, 3.8) is 0 Å². The summed E-state index contributed by atoms with van der Waals surface area (Å²) in [7, 11) is 0. The number of rotatable bonds is 4. The Morgan fingerprint density at radius 1 is 1.07 bits per heavy atom. The van der Waals surface area contributed by atoms with Gasteiger partial charge in [-0.15, -0.1) is 0 Å². The predicted octanol–water partition coefficient (Wildman–Crippen LogP) is 4.90. The van der Waals surface area contributed by atoms with Crippen LogP contribution < -0.4 is 0 Å². The van der Waals surface area contributed by atoms with Gasteiger partial charge in [0.15, 0.2) is 0 Å². The first-order valence-electron chi connectivity index (χ1n) is 10.2. The molecule has 0 aromatic heterocycles. The van der Waals surface area contributed by atoms with Crippen molar-refractivity contribution in [1.29, 1.82) is 0 Å². The van der Waals surface area contributed by atoms with Crippen LogP contribution >= 0.6 is 0 Å². The second-order valence-electron chi connectivity index (χ2n) is 8.89. The van der Waals surface area contributed by atoms with Crippen LogP contribution in [0.15, 0.2) is 48.5 Å². The smallest absolute Gasteiger partial charge is 0.410 e. The Hall–Kier alpha value is -2.82. The van der Waals surface area contributed by atoms with Crippen LogP contribution in [0, 0.1) is 5.41 Å².